The average molecular weight is 382 g/mol. The molecular formula is C17H27N5O3S. The Balaban J connectivity index is 1.49. The molecule has 0 amide bonds. The van der Waals surface area contributed by atoms with Crippen molar-refractivity contribution < 1.29 is 13.2 Å². The summed E-state index contributed by atoms with van der Waals surface area (Å²) < 4.78 is 29.8. The van der Waals surface area contributed by atoms with E-state index in [4.69, 9.17) is 9.72 Å². The van der Waals surface area contributed by atoms with Gasteiger partial charge in [0, 0.05) is 45.0 Å². The third kappa shape index (κ3) is 3.65. The maximum atomic E-state index is 12.1. The van der Waals surface area contributed by atoms with Gasteiger partial charge in [0.05, 0.1) is 23.7 Å². The molecule has 3 fully saturated rings. The van der Waals surface area contributed by atoms with Crippen molar-refractivity contribution >= 4 is 21.6 Å². The lowest BCUT2D eigenvalue weighted by molar-refractivity contribution is 0.0457. The van der Waals surface area contributed by atoms with Crippen molar-refractivity contribution in [1.82, 2.24) is 15.3 Å². The van der Waals surface area contributed by atoms with Crippen molar-refractivity contribution in [3.8, 4) is 0 Å². The Morgan fingerprint density at radius 2 is 2.08 bits per heavy atom. The molecule has 4 rings (SSSR count). The number of nitrogens with zero attached hydrogens (tertiary/aromatic N) is 4. The quantitative estimate of drug-likeness (QED) is 0.783. The van der Waals surface area contributed by atoms with Crippen LogP contribution in [0.5, 0.6) is 0 Å². The monoisotopic (exact) mass is 381 g/mol. The van der Waals surface area contributed by atoms with Gasteiger partial charge in [-0.05, 0) is 25.8 Å². The van der Waals surface area contributed by atoms with Gasteiger partial charge in [0.1, 0.15) is 5.82 Å². The summed E-state index contributed by atoms with van der Waals surface area (Å²) in [5.74, 6) is 1.98. The largest absolute Gasteiger partial charge is 0.378 e. The summed E-state index contributed by atoms with van der Waals surface area (Å²) in [5.41, 5.74) is 0. The third-order valence-corrected chi connectivity index (χ3v) is 7.25. The highest BCUT2D eigenvalue weighted by molar-refractivity contribution is 7.91. The van der Waals surface area contributed by atoms with Gasteiger partial charge in [0.15, 0.2) is 9.84 Å². The molecule has 1 N–H and O–H groups in total. The van der Waals surface area contributed by atoms with Crippen LogP contribution in [-0.2, 0) is 14.6 Å². The first-order valence-electron chi connectivity index (χ1n) is 9.46. The standard InChI is InChI=1S/C17H27N5O3S/c1-2-25-13-4-8-21(9-5-13)17-19-6-3-16(20-17)22-10-7-18-14-11-26(23,24)12-15(14)22/h3,6,13-15,18H,2,4-5,7-12H2,1H3/t14-,15+/m1/s1. The maximum absolute atomic E-state index is 12.1. The molecule has 144 valence electrons. The Labute approximate surface area is 154 Å². The van der Waals surface area contributed by atoms with E-state index in [0.29, 0.717) is 6.10 Å². The maximum Gasteiger partial charge on any atom is 0.227 e. The molecule has 0 aliphatic carbocycles. The summed E-state index contributed by atoms with van der Waals surface area (Å²) in [7, 11) is -2.98. The van der Waals surface area contributed by atoms with E-state index in [1.54, 1.807) is 6.20 Å². The number of hydrogen-bond donors (Lipinski definition) is 1. The zero-order valence-electron chi connectivity index (χ0n) is 15.2. The lowest BCUT2D eigenvalue weighted by Crippen LogP contribution is -2.57. The van der Waals surface area contributed by atoms with Gasteiger partial charge < -0.3 is 19.9 Å². The first-order chi connectivity index (χ1) is 12.6. The smallest absolute Gasteiger partial charge is 0.227 e. The molecule has 3 aliphatic heterocycles. The fraction of sp³-hybridized carbons (Fsp3) is 0.765. The Morgan fingerprint density at radius 1 is 1.27 bits per heavy atom. The molecule has 0 bridgehead atoms. The molecule has 0 spiro atoms. The van der Waals surface area contributed by atoms with E-state index in [2.05, 4.69) is 20.1 Å². The molecule has 1 aromatic heterocycles. The Hall–Kier alpha value is -1.45. The van der Waals surface area contributed by atoms with Crippen LogP contribution in [0.2, 0.25) is 0 Å². The molecule has 26 heavy (non-hydrogen) atoms. The van der Waals surface area contributed by atoms with Crippen molar-refractivity contribution in [1.29, 1.82) is 0 Å². The molecule has 9 heteroatoms. The Morgan fingerprint density at radius 3 is 2.85 bits per heavy atom. The zero-order valence-corrected chi connectivity index (χ0v) is 16.0. The number of rotatable bonds is 4. The summed E-state index contributed by atoms with van der Waals surface area (Å²) in [6.45, 7) is 6.09. The van der Waals surface area contributed by atoms with Crippen LogP contribution >= 0.6 is 0 Å². The number of piperidine rings is 1. The van der Waals surface area contributed by atoms with Crippen molar-refractivity contribution in [2.24, 2.45) is 0 Å². The second-order valence-electron chi connectivity index (χ2n) is 7.25. The number of piperazine rings is 1. The average Bonchev–Trinajstić information content (AvgIpc) is 2.96. The fourth-order valence-electron chi connectivity index (χ4n) is 4.26. The predicted octanol–water partition coefficient (Wildman–Crippen LogP) is 0.0571. The van der Waals surface area contributed by atoms with Gasteiger partial charge in [-0.2, -0.15) is 4.98 Å². The van der Waals surface area contributed by atoms with Gasteiger partial charge >= 0.3 is 0 Å². The molecule has 1 aromatic rings. The van der Waals surface area contributed by atoms with E-state index in [9.17, 15) is 8.42 Å². The van der Waals surface area contributed by atoms with Crippen molar-refractivity contribution in [3.63, 3.8) is 0 Å². The normalized spacial score (nSPS) is 29.0. The number of aromatic nitrogens is 2. The summed E-state index contributed by atoms with van der Waals surface area (Å²) in [4.78, 5) is 13.6. The summed E-state index contributed by atoms with van der Waals surface area (Å²) in [6.07, 6.45) is 4.08. The highest BCUT2D eigenvalue weighted by atomic mass is 32.2. The second kappa shape index (κ2) is 7.28. The number of anilines is 2. The fourth-order valence-corrected chi connectivity index (χ4v) is 6.22. The summed E-state index contributed by atoms with van der Waals surface area (Å²) in [5, 5.41) is 3.34. The van der Waals surface area contributed by atoms with Gasteiger partial charge in [-0.15, -0.1) is 0 Å². The van der Waals surface area contributed by atoms with E-state index < -0.39 is 9.84 Å². The first kappa shape index (κ1) is 17.9. The van der Waals surface area contributed by atoms with E-state index in [1.807, 2.05) is 13.0 Å². The minimum Gasteiger partial charge on any atom is -0.378 e. The SMILES string of the molecule is CCOC1CCN(c2nccc(N3CCN[C@@H]4CS(=O)(=O)C[C@@H]43)n2)CC1. The molecule has 3 aliphatic rings. The molecule has 8 nitrogen and oxygen atoms in total. The molecule has 4 heterocycles. The van der Waals surface area contributed by atoms with Crippen molar-refractivity contribution in [2.45, 2.75) is 38.0 Å². The van der Waals surface area contributed by atoms with Gasteiger partial charge in [-0.1, -0.05) is 0 Å². The first-order valence-corrected chi connectivity index (χ1v) is 11.3. The van der Waals surface area contributed by atoms with Crippen LogP contribution in [0.25, 0.3) is 0 Å². The lowest BCUT2D eigenvalue weighted by atomic mass is 10.1. The molecule has 0 unspecified atom stereocenters. The predicted molar refractivity (Wildman–Crippen MR) is 100 cm³/mol. The summed E-state index contributed by atoms with van der Waals surface area (Å²) in [6, 6.07) is 1.85. The van der Waals surface area contributed by atoms with Crippen LogP contribution in [0.1, 0.15) is 19.8 Å². The topological polar surface area (TPSA) is 87.7 Å². The highest BCUT2D eigenvalue weighted by Crippen LogP contribution is 2.27. The molecule has 0 radical (unpaired) electrons. The molecule has 0 saturated carbocycles. The van der Waals surface area contributed by atoms with E-state index in [0.717, 1.165) is 57.4 Å². The van der Waals surface area contributed by atoms with Crippen LogP contribution in [0.4, 0.5) is 11.8 Å². The zero-order chi connectivity index (χ0) is 18.1. The molecular weight excluding hydrogens is 354 g/mol. The molecule has 3 saturated heterocycles. The van der Waals surface area contributed by atoms with Gasteiger partial charge in [-0.25, -0.2) is 13.4 Å². The minimum absolute atomic E-state index is 0.00546. The van der Waals surface area contributed by atoms with Gasteiger partial charge in [0.2, 0.25) is 5.95 Å². The second-order valence-corrected chi connectivity index (χ2v) is 9.41. The minimum atomic E-state index is -2.98. The van der Waals surface area contributed by atoms with Crippen LogP contribution in [0.15, 0.2) is 12.3 Å². The van der Waals surface area contributed by atoms with Crippen LogP contribution in [0, 0.1) is 0 Å². The lowest BCUT2D eigenvalue weighted by Gasteiger charge is -2.38. The highest BCUT2D eigenvalue weighted by Gasteiger charge is 2.43. The number of hydrogen-bond acceptors (Lipinski definition) is 8. The van der Waals surface area contributed by atoms with Crippen LogP contribution in [0.3, 0.4) is 0 Å². The molecule has 0 aromatic carbocycles. The number of fused-ring (bicyclic) bond motifs is 1. The van der Waals surface area contributed by atoms with Crippen molar-refractivity contribution in [2.75, 3.05) is 54.1 Å². The van der Waals surface area contributed by atoms with Gasteiger partial charge in [0.25, 0.3) is 0 Å². The summed E-state index contributed by atoms with van der Waals surface area (Å²) >= 11 is 0. The number of ether oxygens (including phenoxy) is 1. The Bertz CT molecular complexity index is 736. The van der Waals surface area contributed by atoms with Crippen LogP contribution < -0.4 is 15.1 Å². The number of sulfone groups is 1. The Kier molecular flexibility index (Phi) is 5.02. The van der Waals surface area contributed by atoms with E-state index in [1.165, 1.54) is 0 Å². The third-order valence-electron chi connectivity index (χ3n) is 5.53. The van der Waals surface area contributed by atoms with Gasteiger partial charge in [-0.3, -0.25) is 0 Å². The molecule has 2 atom stereocenters. The van der Waals surface area contributed by atoms with Crippen molar-refractivity contribution in [3.05, 3.63) is 12.3 Å². The van der Waals surface area contributed by atoms with Crippen LogP contribution in [-0.4, -0.2) is 80.9 Å². The van der Waals surface area contributed by atoms with E-state index in [-0.39, 0.29) is 23.6 Å². The number of nitrogens with one attached hydrogen (secondary N) is 1. The van der Waals surface area contributed by atoms with E-state index >= 15 is 0 Å².